The van der Waals surface area contributed by atoms with Crippen molar-refractivity contribution in [1.82, 2.24) is 0 Å². The van der Waals surface area contributed by atoms with E-state index in [-0.39, 0.29) is 0 Å². The fourth-order valence-electron chi connectivity index (χ4n) is 2.44. The summed E-state index contributed by atoms with van der Waals surface area (Å²) >= 11 is 0. The third kappa shape index (κ3) is 5.48. The highest BCUT2D eigenvalue weighted by Gasteiger charge is 2.52. The molecule has 24 heavy (non-hydrogen) atoms. The quantitative estimate of drug-likeness (QED) is 0.518. The van der Waals surface area contributed by atoms with Gasteiger partial charge in [0.1, 0.15) is 6.10 Å². The van der Waals surface area contributed by atoms with Crippen LogP contribution in [0, 0.1) is 0 Å². The molecule has 1 aliphatic heterocycles. The largest absolute Gasteiger partial charge is 0.456 e. The third-order valence-corrected chi connectivity index (χ3v) is 3.18. The smallest absolute Gasteiger partial charge is 0.305 e. The summed E-state index contributed by atoms with van der Waals surface area (Å²) < 4.78 is 26.1. The van der Waals surface area contributed by atoms with Crippen LogP contribution in [0.2, 0.25) is 0 Å². The van der Waals surface area contributed by atoms with Crippen molar-refractivity contribution in [3.8, 4) is 0 Å². The first-order valence-corrected chi connectivity index (χ1v) is 7.50. The van der Waals surface area contributed by atoms with Gasteiger partial charge in [-0.1, -0.05) is 6.92 Å². The van der Waals surface area contributed by atoms with Crippen LogP contribution in [0.1, 0.15) is 41.0 Å². The molecule has 0 aliphatic carbocycles. The lowest BCUT2D eigenvalue weighted by Gasteiger charge is -2.43. The van der Waals surface area contributed by atoms with Crippen LogP contribution in [-0.4, -0.2) is 54.6 Å². The Morgan fingerprint density at radius 3 is 1.54 bits per heavy atom. The predicted molar refractivity (Wildman–Crippen MR) is 77.4 cm³/mol. The van der Waals surface area contributed by atoms with Crippen LogP contribution >= 0.6 is 0 Å². The summed E-state index contributed by atoms with van der Waals surface area (Å²) in [4.78, 5) is 45.5. The van der Waals surface area contributed by atoms with E-state index in [1.807, 2.05) is 0 Å². The minimum Gasteiger partial charge on any atom is -0.456 e. The Morgan fingerprint density at radius 1 is 0.708 bits per heavy atom. The minimum atomic E-state index is -1.28. The number of ether oxygens (including phenoxy) is 5. The second-order valence-electron chi connectivity index (χ2n) is 5.28. The van der Waals surface area contributed by atoms with Gasteiger partial charge < -0.3 is 23.7 Å². The lowest BCUT2D eigenvalue weighted by molar-refractivity contribution is -0.296. The van der Waals surface area contributed by atoms with Gasteiger partial charge >= 0.3 is 23.9 Å². The van der Waals surface area contributed by atoms with Gasteiger partial charge in [-0.25, -0.2) is 0 Å². The first-order chi connectivity index (χ1) is 11.1. The van der Waals surface area contributed by atoms with Gasteiger partial charge in [-0.3, -0.25) is 19.2 Å². The summed E-state index contributed by atoms with van der Waals surface area (Å²) in [6, 6.07) is 0. The van der Waals surface area contributed by atoms with Crippen molar-refractivity contribution in [3.05, 3.63) is 0 Å². The predicted octanol–water partition coefficient (Wildman–Crippen LogP) is 0.479. The molecule has 1 aliphatic rings. The molecule has 0 N–H and O–H groups in total. The zero-order chi connectivity index (χ0) is 18.4. The van der Waals surface area contributed by atoms with Crippen LogP contribution in [0.25, 0.3) is 0 Å². The maximum atomic E-state index is 11.4. The summed E-state index contributed by atoms with van der Waals surface area (Å²) in [5, 5.41) is 0. The molecular weight excluding hydrogens is 324 g/mol. The number of hydrogen-bond acceptors (Lipinski definition) is 9. The zero-order valence-electron chi connectivity index (χ0n) is 14.3. The first kappa shape index (κ1) is 19.9. The summed E-state index contributed by atoms with van der Waals surface area (Å²) in [6.45, 7) is 6.41. The molecule has 1 fully saturated rings. The molecule has 0 aromatic heterocycles. The van der Waals surface area contributed by atoms with Gasteiger partial charge in [0.25, 0.3) is 0 Å². The third-order valence-electron chi connectivity index (χ3n) is 3.18. The van der Waals surface area contributed by atoms with E-state index in [9.17, 15) is 19.2 Å². The van der Waals surface area contributed by atoms with E-state index in [1.165, 1.54) is 6.92 Å². The molecule has 1 rings (SSSR count). The normalized spacial score (nSPS) is 29.3. The number of hydrogen-bond donors (Lipinski definition) is 0. The second kappa shape index (κ2) is 8.62. The number of rotatable bonds is 5. The topological polar surface area (TPSA) is 114 Å². The average Bonchev–Trinajstić information content (AvgIpc) is 2.42. The molecule has 0 aromatic carbocycles. The standard InChI is InChI=1S/C15H22O9/c1-6-11-12(20-7(2)16)13(21-8(3)17)14(22-9(4)18)15(24-11)23-10(5)19/h11-15H,6H2,1-5H3/t11-,12-,13+,14-,15?/m1/s1. The van der Waals surface area contributed by atoms with Crippen LogP contribution < -0.4 is 0 Å². The second-order valence-corrected chi connectivity index (χ2v) is 5.28. The Hall–Kier alpha value is -2.16. The van der Waals surface area contributed by atoms with E-state index in [1.54, 1.807) is 6.92 Å². The van der Waals surface area contributed by atoms with Crippen molar-refractivity contribution in [2.45, 2.75) is 71.7 Å². The molecule has 0 spiro atoms. The number of carbonyl (C=O) groups is 4. The van der Waals surface area contributed by atoms with E-state index >= 15 is 0 Å². The van der Waals surface area contributed by atoms with Gasteiger partial charge in [0.2, 0.25) is 12.4 Å². The molecule has 9 heteroatoms. The van der Waals surface area contributed by atoms with Gasteiger partial charge in [-0.05, 0) is 6.42 Å². The molecule has 0 saturated carbocycles. The molecule has 0 radical (unpaired) electrons. The van der Waals surface area contributed by atoms with E-state index in [4.69, 9.17) is 23.7 Å². The summed E-state index contributed by atoms with van der Waals surface area (Å²) in [7, 11) is 0. The van der Waals surface area contributed by atoms with E-state index in [0.717, 1.165) is 20.8 Å². The van der Waals surface area contributed by atoms with Crippen molar-refractivity contribution < 1.29 is 42.9 Å². The van der Waals surface area contributed by atoms with E-state index in [0.29, 0.717) is 6.42 Å². The van der Waals surface area contributed by atoms with Gasteiger partial charge in [0.15, 0.2) is 12.2 Å². The lowest BCUT2D eigenvalue weighted by atomic mass is 9.96. The molecule has 1 unspecified atom stereocenters. The Kier molecular flexibility index (Phi) is 7.15. The van der Waals surface area contributed by atoms with Crippen LogP contribution in [0.15, 0.2) is 0 Å². The molecule has 0 aromatic rings. The van der Waals surface area contributed by atoms with Crippen LogP contribution in [0.3, 0.4) is 0 Å². The van der Waals surface area contributed by atoms with Gasteiger partial charge in [-0.15, -0.1) is 0 Å². The lowest BCUT2D eigenvalue weighted by Crippen LogP contribution is -2.61. The Morgan fingerprint density at radius 2 is 1.12 bits per heavy atom. The van der Waals surface area contributed by atoms with Gasteiger partial charge in [0, 0.05) is 27.7 Å². The maximum absolute atomic E-state index is 11.4. The Balaban J connectivity index is 3.23. The summed E-state index contributed by atoms with van der Waals surface area (Å²) in [6.07, 6.45) is -5.06. The number of carbonyl (C=O) groups excluding carboxylic acids is 4. The fraction of sp³-hybridized carbons (Fsp3) is 0.733. The highest BCUT2D eigenvalue weighted by Crippen LogP contribution is 2.30. The summed E-state index contributed by atoms with van der Waals surface area (Å²) in [5.74, 6) is -2.66. The van der Waals surface area contributed by atoms with Crippen LogP contribution in [0.5, 0.6) is 0 Å². The molecule has 1 saturated heterocycles. The molecule has 9 nitrogen and oxygen atoms in total. The SMILES string of the molecule is CC[C@H]1OC(OC(C)=O)[C@H](OC(C)=O)[C@@H](OC(C)=O)[C@@H]1OC(C)=O. The van der Waals surface area contributed by atoms with Crippen molar-refractivity contribution in [3.63, 3.8) is 0 Å². The summed E-state index contributed by atoms with van der Waals surface area (Å²) in [5.41, 5.74) is 0. The first-order valence-electron chi connectivity index (χ1n) is 7.50. The molecule has 0 amide bonds. The highest BCUT2D eigenvalue weighted by atomic mass is 16.7. The Bertz CT molecular complexity index is 501. The fourth-order valence-corrected chi connectivity index (χ4v) is 2.44. The molecule has 1 heterocycles. The van der Waals surface area contributed by atoms with Crippen LogP contribution in [0.4, 0.5) is 0 Å². The van der Waals surface area contributed by atoms with Crippen LogP contribution in [-0.2, 0) is 42.9 Å². The minimum absolute atomic E-state index is 0.375. The zero-order valence-corrected chi connectivity index (χ0v) is 14.3. The molecule has 136 valence electrons. The van der Waals surface area contributed by atoms with E-state index in [2.05, 4.69) is 0 Å². The van der Waals surface area contributed by atoms with E-state index < -0.39 is 54.6 Å². The van der Waals surface area contributed by atoms with Gasteiger partial charge in [-0.2, -0.15) is 0 Å². The van der Waals surface area contributed by atoms with Crippen molar-refractivity contribution in [2.24, 2.45) is 0 Å². The van der Waals surface area contributed by atoms with Crippen molar-refractivity contribution in [2.75, 3.05) is 0 Å². The van der Waals surface area contributed by atoms with Crippen molar-refractivity contribution in [1.29, 1.82) is 0 Å². The van der Waals surface area contributed by atoms with Crippen molar-refractivity contribution >= 4 is 23.9 Å². The average molecular weight is 346 g/mol. The highest BCUT2D eigenvalue weighted by molar-refractivity contribution is 5.69. The number of esters is 4. The molecule has 0 bridgehead atoms. The monoisotopic (exact) mass is 346 g/mol. The van der Waals surface area contributed by atoms with Gasteiger partial charge in [0.05, 0.1) is 0 Å². The molecular formula is C15H22O9. The Labute approximate surface area is 139 Å². The molecule has 5 atom stereocenters. The maximum Gasteiger partial charge on any atom is 0.305 e.